The quantitative estimate of drug-likeness (QED) is 0.362. The fourth-order valence-corrected chi connectivity index (χ4v) is 4.72. The van der Waals surface area contributed by atoms with Gasteiger partial charge >= 0.3 is 5.69 Å². The smallest absolute Gasteiger partial charge is 0.312 e. The van der Waals surface area contributed by atoms with Crippen molar-refractivity contribution in [3.8, 4) is 17.2 Å². The van der Waals surface area contributed by atoms with Gasteiger partial charge in [-0.2, -0.15) is 4.31 Å². The Hall–Kier alpha value is -3.47. The maximum atomic E-state index is 12.8. The molecule has 1 heterocycles. The van der Waals surface area contributed by atoms with Gasteiger partial charge in [0.25, 0.3) is 0 Å². The van der Waals surface area contributed by atoms with E-state index in [4.69, 9.17) is 14.2 Å². The lowest BCUT2D eigenvalue weighted by atomic mass is 10.2. The standard InChI is InChI=1S/C23H22N2O7S/c26-25(27)22-16-21(33(28,29)24-12-14-30-15-13-24)10-11-23(22)32-20-8-6-19(7-9-20)31-17-18-4-2-1-3-5-18/h1-11,16H,12-15,17H2. The fraction of sp³-hybridized carbons (Fsp3) is 0.217. The number of hydrogen-bond acceptors (Lipinski definition) is 7. The van der Waals surface area contributed by atoms with Gasteiger partial charge in [-0.1, -0.05) is 30.3 Å². The number of benzene rings is 3. The van der Waals surface area contributed by atoms with Crippen molar-refractivity contribution in [2.24, 2.45) is 0 Å². The first kappa shape index (κ1) is 22.7. The molecule has 1 fully saturated rings. The van der Waals surface area contributed by atoms with Gasteiger partial charge in [0.1, 0.15) is 18.1 Å². The zero-order valence-electron chi connectivity index (χ0n) is 17.6. The molecule has 10 heteroatoms. The summed E-state index contributed by atoms with van der Waals surface area (Å²) >= 11 is 0. The predicted molar refractivity (Wildman–Crippen MR) is 120 cm³/mol. The third kappa shape index (κ3) is 5.48. The first-order valence-corrected chi connectivity index (χ1v) is 11.7. The number of nitro benzene ring substituents is 1. The topological polar surface area (TPSA) is 108 Å². The molecule has 0 radical (unpaired) electrons. The second-order valence-electron chi connectivity index (χ2n) is 7.25. The normalized spacial score (nSPS) is 14.5. The van der Waals surface area contributed by atoms with E-state index >= 15 is 0 Å². The summed E-state index contributed by atoms with van der Waals surface area (Å²) in [4.78, 5) is 10.8. The van der Waals surface area contributed by atoms with Crippen molar-refractivity contribution >= 4 is 15.7 Å². The number of ether oxygens (including phenoxy) is 3. The Morgan fingerprint density at radius 1 is 0.939 bits per heavy atom. The second kappa shape index (κ2) is 9.99. The summed E-state index contributed by atoms with van der Waals surface area (Å²) in [6, 6.07) is 20.0. The van der Waals surface area contributed by atoms with Crippen LogP contribution in [0.4, 0.5) is 5.69 Å². The molecule has 0 spiro atoms. The lowest BCUT2D eigenvalue weighted by molar-refractivity contribution is -0.385. The number of nitro groups is 1. The van der Waals surface area contributed by atoms with Crippen LogP contribution in [0.2, 0.25) is 0 Å². The Morgan fingerprint density at radius 2 is 1.61 bits per heavy atom. The fourth-order valence-electron chi connectivity index (χ4n) is 3.29. The highest BCUT2D eigenvalue weighted by Gasteiger charge is 2.29. The number of hydrogen-bond donors (Lipinski definition) is 0. The maximum Gasteiger partial charge on any atom is 0.312 e. The molecule has 172 valence electrons. The summed E-state index contributed by atoms with van der Waals surface area (Å²) in [6.07, 6.45) is 0. The number of rotatable bonds is 8. The van der Waals surface area contributed by atoms with Crippen LogP contribution in [0.3, 0.4) is 0 Å². The van der Waals surface area contributed by atoms with E-state index < -0.39 is 20.6 Å². The Kier molecular flexibility index (Phi) is 6.87. The van der Waals surface area contributed by atoms with Crippen molar-refractivity contribution in [1.82, 2.24) is 4.31 Å². The summed E-state index contributed by atoms with van der Waals surface area (Å²) in [7, 11) is -3.87. The second-order valence-corrected chi connectivity index (χ2v) is 9.19. The molecule has 3 aromatic carbocycles. The highest BCUT2D eigenvalue weighted by atomic mass is 32.2. The Labute approximate surface area is 191 Å². The zero-order valence-corrected chi connectivity index (χ0v) is 18.4. The molecule has 0 atom stereocenters. The van der Waals surface area contributed by atoms with Gasteiger partial charge in [0.15, 0.2) is 0 Å². The van der Waals surface area contributed by atoms with Crippen LogP contribution in [0, 0.1) is 10.1 Å². The van der Waals surface area contributed by atoms with E-state index in [1.807, 2.05) is 30.3 Å². The predicted octanol–water partition coefficient (Wildman–Crippen LogP) is 3.99. The van der Waals surface area contributed by atoms with E-state index in [1.54, 1.807) is 24.3 Å². The lowest BCUT2D eigenvalue weighted by Gasteiger charge is -2.26. The van der Waals surface area contributed by atoms with Gasteiger partial charge in [-0.3, -0.25) is 10.1 Å². The van der Waals surface area contributed by atoms with E-state index in [0.717, 1.165) is 11.6 Å². The highest BCUT2D eigenvalue weighted by molar-refractivity contribution is 7.89. The van der Waals surface area contributed by atoms with Crippen LogP contribution in [-0.2, 0) is 21.4 Å². The van der Waals surface area contributed by atoms with Crippen molar-refractivity contribution in [1.29, 1.82) is 0 Å². The van der Waals surface area contributed by atoms with Gasteiger partial charge in [-0.05, 0) is 42.0 Å². The molecule has 0 unspecified atom stereocenters. The molecule has 1 aliphatic rings. The first-order valence-electron chi connectivity index (χ1n) is 10.2. The van der Waals surface area contributed by atoms with Crippen molar-refractivity contribution in [3.63, 3.8) is 0 Å². The van der Waals surface area contributed by atoms with Gasteiger partial charge in [-0.15, -0.1) is 0 Å². The third-order valence-corrected chi connectivity index (χ3v) is 6.93. The van der Waals surface area contributed by atoms with Crippen LogP contribution in [0.1, 0.15) is 5.56 Å². The number of sulfonamides is 1. The van der Waals surface area contributed by atoms with Crippen LogP contribution in [0.25, 0.3) is 0 Å². The van der Waals surface area contributed by atoms with Crippen LogP contribution in [0.5, 0.6) is 17.2 Å². The van der Waals surface area contributed by atoms with Gasteiger partial charge < -0.3 is 14.2 Å². The molecule has 0 amide bonds. The molecule has 0 N–H and O–H groups in total. The molecular weight excluding hydrogens is 448 g/mol. The Balaban J connectivity index is 1.49. The minimum absolute atomic E-state index is 0.0566. The van der Waals surface area contributed by atoms with Crippen molar-refractivity contribution in [2.45, 2.75) is 11.5 Å². The Bertz CT molecular complexity index is 1210. The van der Waals surface area contributed by atoms with E-state index in [2.05, 4.69) is 0 Å². The largest absolute Gasteiger partial charge is 0.489 e. The first-order chi connectivity index (χ1) is 15.9. The van der Waals surface area contributed by atoms with E-state index in [9.17, 15) is 18.5 Å². The minimum atomic E-state index is -3.87. The molecule has 0 bridgehead atoms. The molecule has 33 heavy (non-hydrogen) atoms. The van der Waals surface area contributed by atoms with E-state index in [0.29, 0.717) is 18.1 Å². The van der Waals surface area contributed by atoms with Gasteiger partial charge in [0.05, 0.1) is 23.0 Å². The zero-order chi connectivity index (χ0) is 23.3. The summed E-state index contributed by atoms with van der Waals surface area (Å²) in [5, 5.41) is 11.6. The molecule has 9 nitrogen and oxygen atoms in total. The van der Waals surface area contributed by atoms with Gasteiger partial charge in [0.2, 0.25) is 15.8 Å². The van der Waals surface area contributed by atoms with Crippen LogP contribution in [0.15, 0.2) is 77.7 Å². The highest BCUT2D eigenvalue weighted by Crippen LogP contribution is 2.34. The van der Waals surface area contributed by atoms with E-state index in [1.165, 1.54) is 16.4 Å². The van der Waals surface area contributed by atoms with Crippen molar-refractivity contribution in [2.75, 3.05) is 26.3 Å². The summed E-state index contributed by atoms with van der Waals surface area (Å²) < 4.78 is 43.5. The van der Waals surface area contributed by atoms with E-state index in [-0.39, 0.29) is 36.9 Å². The molecule has 1 aliphatic heterocycles. The summed E-state index contributed by atoms with van der Waals surface area (Å²) in [5.41, 5.74) is 0.592. The van der Waals surface area contributed by atoms with Gasteiger partial charge in [0, 0.05) is 19.2 Å². The van der Waals surface area contributed by atoms with Crippen LogP contribution in [-0.4, -0.2) is 43.9 Å². The van der Waals surface area contributed by atoms with Crippen LogP contribution >= 0.6 is 0 Å². The third-order valence-electron chi connectivity index (χ3n) is 5.03. The molecule has 4 rings (SSSR count). The van der Waals surface area contributed by atoms with Crippen molar-refractivity contribution < 1.29 is 27.6 Å². The van der Waals surface area contributed by atoms with Crippen LogP contribution < -0.4 is 9.47 Å². The monoisotopic (exact) mass is 470 g/mol. The SMILES string of the molecule is O=[N+]([O-])c1cc(S(=O)(=O)N2CCOCC2)ccc1Oc1ccc(OCc2ccccc2)cc1. The molecule has 0 aliphatic carbocycles. The number of nitrogens with zero attached hydrogens (tertiary/aromatic N) is 2. The summed E-state index contributed by atoms with van der Waals surface area (Å²) in [6.45, 7) is 1.38. The summed E-state index contributed by atoms with van der Waals surface area (Å²) in [5.74, 6) is 0.917. The molecule has 1 saturated heterocycles. The molecule has 0 saturated carbocycles. The lowest BCUT2D eigenvalue weighted by Crippen LogP contribution is -2.40. The van der Waals surface area contributed by atoms with Gasteiger partial charge in [-0.25, -0.2) is 8.42 Å². The molecular formula is C23H22N2O7S. The molecule has 0 aromatic heterocycles. The number of morpholine rings is 1. The minimum Gasteiger partial charge on any atom is -0.489 e. The maximum absolute atomic E-state index is 12.8. The molecule has 3 aromatic rings. The average molecular weight is 471 g/mol. The van der Waals surface area contributed by atoms with Crippen molar-refractivity contribution in [3.05, 3.63) is 88.5 Å². The average Bonchev–Trinajstić information content (AvgIpc) is 2.85. The Morgan fingerprint density at radius 3 is 2.27 bits per heavy atom.